The van der Waals surface area contributed by atoms with Gasteiger partial charge in [0.1, 0.15) is 0 Å². The zero-order valence-electron chi connectivity index (χ0n) is 14.2. The van der Waals surface area contributed by atoms with Crippen LogP contribution in [0.5, 0.6) is 0 Å². The van der Waals surface area contributed by atoms with E-state index in [9.17, 15) is 13.2 Å². The third-order valence-corrected chi connectivity index (χ3v) is 5.20. The molecule has 0 aliphatic carbocycles. The second-order valence-corrected chi connectivity index (χ2v) is 7.51. The summed E-state index contributed by atoms with van der Waals surface area (Å²) in [6, 6.07) is 9.78. The lowest BCUT2D eigenvalue weighted by Gasteiger charge is -2.13. The molecule has 0 unspecified atom stereocenters. The summed E-state index contributed by atoms with van der Waals surface area (Å²) in [7, 11) is -3.53. The molecule has 2 aromatic rings. The van der Waals surface area contributed by atoms with Crippen molar-refractivity contribution in [2.75, 3.05) is 13.1 Å². The number of halogens is 1. The quantitative estimate of drug-likeness (QED) is 0.727. The highest BCUT2D eigenvalue weighted by molar-refractivity contribution is 7.90. The summed E-state index contributed by atoms with van der Waals surface area (Å²) < 4.78 is 30.1. The monoisotopic (exact) mass is 386 g/mol. The SMILES string of the molecule is CCN[C@H](C)CNC(=O)c1occc1CS(=O)(=O)c1ccccc1.Cl. The molecule has 0 bridgehead atoms. The van der Waals surface area contributed by atoms with E-state index in [-0.39, 0.29) is 34.9 Å². The molecule has 1 amide bonds. The zero-order chi connectivity index (χ0) is 17.6. The van der Waals surface area contributed by atoms with Crippen molar-refractivity contribution in [1.82, 2.24) is 10.6 Å². The molecule has 2 rings (SSSR count). The van der Waals surface area contributed by atoms with E-state index in [1.165, 1.54) is 24.5 Å². The van der Waals surface area contributed by atoms with Crippen LogP contribution < -0.4 is 10.6 Å². The smallest absolute Gasteiger partial charge is 0.287 e. The first-order valence-corrected chi connectivity index (χ1v) is 9.45. The summed E-state index contributed by atoms with van der Waals surface area (Å²) in [5.41, 5.74) is 0.354. The van der Waals surface area contributed by atoms with Gasteiger partial charge in [-0.1, -0.05) is 25.1 Å². The first-order chi connectivity index (χ1) is 11.4. The van der Waals surface area contributed by atoms with Gasteiger partial charge in [-0.15, -0.1) is 12.4 Å². The summed E-state index contributed by atoms with van der Waals surface area (Å²) in [5.74, 6) is -0.653. The maximum atomic E-state index is 12.4. The average Bonchev–Trinajstić information content (AvgIpc) is 3.01. The Kier molecular flexibility index (Phi) is 8.15. The topological polar surface area (TPSA) is 88.4 Å². The van der Waals surface area contributed by atoms with Crippen molar-refractivity contribution in [1.29, 1.82) is 0 Å². The fourth-order valence-electron chi connectivity index (χ4n) is 2.31. The van der Waals surface area contributed by atoms with Gasteiger partial charge < -0.3 is 15.1 Å². The first-order valence-electron chi connectivity index (χ1n) is 7.79. The molecule has 0 spiro atoms. The van der Waals surface area contributed by atoms with Gasteiger partial charge in [-0.3, -0.25) is 4.79 Å². The normalized spacial score (nSPS) is 12.2. The maximum Gasteiger partial charge on any atom is 0.287 e. The second-order valence-electron chi connectivity index (χ2n) is 5.52. The molecule has 1 aromatic heterocycles. The molecule has 25 heavy (non-hydrogen) atoms. The van der Waals surface area contributed by atoms with Crippen LogP contribution in [0.1, 0.15) is 30.0 Å². The lowest BCUT2D eigenvalue weighted by atomic mass is 10.2. The van der Waals surface area contributed by atoms with Gasteiger partial charge in [-0.2, -0.15) is 0 Å². The van der Waals surface area contributed by atoms with E-state index in [4.69, 9.17) is 4.42 Å². The average molecular weight is 387 g/mol. The van der Waals surface area contributed by atoms with Crippen molar-refractivity contribution in [3.63, 3.8) is 0 Å². The molecule has 6 nitrogen and oxygen atoms in total. The highest BCUT2D eigenvalue weighted by atomic mass is 35.5. The van der Waals surface area contributed by atoms with Gasteiger partial charge in [-0.05, 0) is 31.7 Å². The van der Waals surface area contributed by atoms with Crippen LogP contribution in [-0.2, 0) is 15.6 Å². The Balaban J connectivity index is 0.00000312. The van der Waals surface area contributed by atoms with Gasteiger partial charge in [0, 0.05) is 18.2 Å². The molecule has 1 atom stereocenters. The van der Waals surface area contributed by atoms with Gasteiger partial charge in [0.2, 0.25) is 0 Å². The van der Waals surface area contributed by atoms with Crippen LogP contribution in [-0.4, -0.2) is 33.5 Å². The fraction of sp³-hybridized carbons (Fsp3) is 0.353. The molecule has 0 radical (unpaired) electrons. The molecule has 0 saturated carbocycles. The predicted octanol–water partition coefficient (Wildman–Crippen LogP) is 2.40. The van der Waals surface area contributed by atoms with E-state index in [0.717, 1.165) is 6.54 Å². The van der Waals surface area contributed by atoms with Crippen molar-refractivity contribution < 1.29 is 17.6 Å². The van der Waals surface area contributed by atoms with Crippen molar-refractivity contribution in [2.24, 2.45) is 0 Å². The largest absolute Gasteiger partial charge is 0.459 e. The predicted molar refractivity (Wildman–Crippen MR) is 98.8 cm³/mol. The van der Waals surface area contributed by atoms with Gasteiger partial charge in [0.05, 0.1) is 16.9 Å². The molecule has 8 heteroatoms. The second kappa shape index (κ2) is 9.60. The van der Waals surface area contributed by atoms with Crippen LogP contribution in [0.15, 0.2) is 52.0 Å². The molecule has 2 N–H and O–H groups in total. The number of furan rings is 1. The number of benzene rings is 1. The highest BCUT2D eigenvalue weighted by Gasteiger charge is 2.22. The Morgan fingerprint density at radius 2 is 1.88 bits per heavy atom. The van der Waals surface area contributed by atoms with Crippen molar-refractivity contribution in [3.8, 4) is 0 Å². The number of likely N-dealkylation sites (N-methyl/N-ethyl adjacent to an activating group) is 1. The zero-order valence-corrected chi connectivity index (χ0v) is 15.8. The summed E-state index contributed by atoms with van der Waals surface area (Å²) in [4.78, 5) is 12.5. The molecule has 0 saturated heterocycles. The molecule has 0 aliphatic rings. The van der Waals surface area contributed by atoms with Crippen LogP contribution in [0.4, 0.5) is 0 Å². The van der Waals surface area contributed by atoms with Crippen LogP contribution in [0, 0.1) is 0 Å². The number of carbonyl (C=O) groups excluding carboxylic acids is 1. The summed E-state index contributed by atoms with van der Waals surface area (Å²) in [6.07, 6.45) is 1.33. The number of hydrogen-bond donors (Lipinski definition) is 2. The molecular weight excluding hydrogens is 364 g/mol. The van der Waals surface area contributed by atoms with Crippen molar-refractivity contribution >= 4 is 28.2 Å². The van der Waals surface area contributed by atoms with E-state index in [0.29, 0.717) is 12.1 Å². The van der Waals surface area contributed by atoms with Gasteiger partial charge in [0.15, 0.2) is 15.6 Å². The van der Waals surface area contributed by atoms with Crippen LogP contribution in [0.25, 0.3) is 0 Å². The van der Waals surface area contributed by atoms with Crippen molar-refractivity contribution in [2.45, 2.75) is 30.5 Å². The Labute approximate surface area is 154 Å². The fourth-order valence-corrected chi connectivity index (χ4v) is 3.69. The number of sulfone groups is 1. The van der Waals surface area contributed by atoms with Crippen LogP contribution in [0.2, 0.25) is 0 Å². The third-order valence-electron chi connectivity index (χ3n) is 3.52. The lowest BCUT2D eigenvalue weighted by molar-refractivity contribution is 0.0921. The molecule has 1 aromatic carbocycles. The summed E-state index contributed by atoms with van der Waals surface area (Å²) >= 11 is 0. The number of rotatable bonds is 8. The Hall–Kier alpha value is -1.83. The standard InChI is InChI=1S/C17H22N2O4S.ClH/c1-3-18-13(2)11-19-17(20)16-14(9-10-23-16)12-24(21,22)15-7-5-4-6-8-15;/h4-10,13,18H,3,11-12H2,1-2H3,(H,19,20);1H/t13-;/m1./s1. The minimum Gasteiger partial charge on any atom is -0.459 e. The minimum atomic E-state index is -3.53. The number of nitrogens with one attached hydrogen (secondary N) is 2. The molecule has 0 fully saturated rings. The molecule has 0 aliphatic heterocycles. The van der Waals surface area contributed by atoms with E-state index in [2.05, 4.69) is 10.6 Å². The van der Waals surface area contributed by atoms with Crippen molar-refractivity contribution in [3.05, 3.63) is 54.0 Å². The number of hydrogen-bond acceptors (Lipinski definition) is 5. The minimum absolute atomic E-state index is 0. The lowest BCUT2D eigenvalue weighted by Crippen LogP contribution is -2.38. The van der Waals surface area contributed by atoms with Crippen LogP contribution in [0.3, 0.4) is 0 Å². The van der Waals surface area contributed by atoms with Gasteiger partial charge in [0.25, 0.3) is 5.91 Å². The molecule has 1 heterocycles. The third kappa shape index (κ3) is 5.88. The highest BCUT2D eigenvalue weighted by Crippen LogP contribution is 2.19. The van der Waals surface area contributed by atoms with Crippen LogP contribution >= 0.6 is 12.4 Å². The Morgan fingerprint density at radius 3 is 2.52 bits per heavy atom. The van der Waals surface area contributed by atoms with Gasteiger partial charge in [-0.25, -0.2) is 8.42 Å². The van der Waals surface area contributed by atoms with E-state index in [1.807, 2.05) is 13.8 Å². The van der Waals surface area contributed by atoms with E-state index >= 15 is 0 Å². The molecule has 138 valence electrons. The number of carbonyl (C=O) groups is 1. The Bertz CT molecular complexity index is 775. The number of amides is 1. The Morgan fingerprint density at radius 1 is 1.20 bits per heavy atom. The molecular formula is C17H23ClN2O4S. The summed E-state index contributed by atoms with van der Waals surface area (Å²) in [6.45, 7) is 5.17. The summed E-state index contributed by atoms with van der Waals surface area (Å²) in [5, 5.41) is 5.92. The van der Waals surface area contributed by atoms with Gasteiger partial charge >= 0.3 is 0 Å². The maximum absolute atomic E-state index is 12.4. The first kappa shape index (κ1) is 21.2. The van der Waals surface area contributed by atoms with E-state index in [1.54, 1.807) is 18.2 Å². The van der Waals surface area contributed by atoms with E-state index < -0.39 is 15.7 Å².